The molecule has 1 aromatic carbocycles. The van der Waals surface area contributed by atoms with Gasteiger partial charge >= 0.3 is 0 Å². The van der Waals surface area contributed by atoms with Gasteiger partial charge < -0.3 is 19.9 Å². The van der Waals surface area contributed by atoms with Gasteiger partial charge in [-0.15, -0.1) is 0 Å². The minimum absolute atomic E-state index is 0.0377. The Hall–Kier alpha value is -2.76. The third-order valence-corrected chi connectivity index (χ3v) is 7.33. The molecule has 0 aromatic heterocycles. The Labute approximate surface area is 210 Å². The molecular weight excluding hydrogens is 438 g/mol. The zero-order valence-electron chi connectivity index (χ0n) is 21.2. The minimum atomic E-state index is -0.598. The Balaban J connectivity index is 1.52. The first kappa shape index (κ1) is 25.3. The summed E-state index contributed by atoms with van der Waals surface area (Å²) in [6.07, 6.45) is 17.8. The van der Waals surface area contributed by atoms with Gasteiger partial charge in [0, 0.05) is 38.5 Å². The number of nitrogens with zero attached hydrogens (tertiary/aromatic N) is 2. The topological polar surface area (TPSA) is 61.9 Å². The lowest BCUT2D eigenvalue weighted by Crippen LogP contribution is -2.47. The molecular formula is C29H41N3O3. The second kappa shape index (κ2) is 12.8. The molecule has 4 rings (SSSR count). The van der Waals surface area contributed by atoms with E-state index >= 15 is 0 Å². The van der Waals surface area contributed by atoms with Crippen molar-refractivity contribution in [3.8, 4) is 5.75 Å². The molecule has 1 atom stereocenters. The molecule has 2 aliphatic heterocycles. The SMILES string of the molecule is CCCCN(C(=O)CCCN1C=CC=CC1)C(C(=O)NC1CCCCC1)c1ccc2c(c1)CCO2. The molecule has 35 heavy (non-hydrogen) atoms. The lowest BCUT2D eigenvalue weighted by Gasteiger charge is -2.34. The first-order valence-corrected chi connectivity index (χ1v) is 13.6. The van der Waals surface area contributed by atoms with Crippen molar-refractivity contribution in [2.24, 2.45) is 0 Å². The largest absolute Gasteiger partial charge is 0.493 e. The molecule has 0 radical (unpaired) electrons. The van der Waals surface area contributed by atoms with Gasteiger partial charge in [0.25, 0.3) is 0 Å². The number of carbonyl (C=O) groups is 2. The standard InChI is InChI=1S/C29H41N3O3/c1-2-3-20-32(27(33)13-10-19-31-17-8-5-9-18-31)28(29(34)30-25-11-6-4-7-12-25)24-14-15-26-23(22-24)16-21-35-26/h5,8-9,14-15,17,22,25,28H,2-4,6-7,10-13,16,18-21H2,1H3,(H,30,34). The average molecular weight is 480 g/mol. The van der Waals surface area contributed by atoms with Gasteiger partial charge in [-0.05, 0) is 61.2 Å². The van der Waals surface area contributed by atoms with E-state index < -0.39 is 6.04 Å². The van der Waals surface area contributed by atoms with Crippen molar-refractivity contribution in [3.63, 3.8) is 0 Å². The fourth-order valence-electron chi connectivity index (χ4n) is 5.35. The van der Waals surface area contributed by atoms with Crippen LogP contribution in [-0.2, 0) is 16.0 Å². The third kappa shape index (κ3) is 6.89. The molecule has 0 spiro atoms. The van der Waals surface area contributed by atoms with Crippen LogP contribution in [0, 0.1) is 0 Å². The zero-order chi connectivity index (χ0) is 24.5. The first-order valence-electron chi connectivity index (χ1n) is 13.6. The van der Waals surface area contributed by atoms with Crippen molar-refractivity contribution in [3.05, 3.63) is 53.8 Å². The molecule has 6 heteroatoms. The fraction of sp³-hybridized carbons (Fsp3) is 0.586. The number of allylic oxidation sites excluding steroid dienone is 2. The predicted molar refractivity (Wildman–Crippen MR) is 139 cm³/mol. The van der Waals surface area contributed by atoms with Crippen LogP contribution in [0.1, 0.15) is 81.9 Å². The molecule has 2 amide bonds. The molecule has 2 heterocycles. The zero-order valence-corrected chi connectivity index (χ0v) is 21.2. The Kier molecular flexibility index (Phi) is 9.27. The summed E-state index contributed by atoms with van der Waals surface area (Å²) in [4.78, 5) is 31.5. The molecule has 1 aliphatic carbocycles. The van der Waals surface area contributed by atoms with Crippen molar-refractivity contribution < 1.29 is 14.3 Å². The predicted octanol–water partition coefficient (Wildman–Crippen LogP) is 4.91. The van der Waals surface area contributed by atoms with E-state index in [2.05, 4.69) is 35.5 Å². The quantitative estimate of drug-likeness (QED) is 0.490. The number of fused-ring (bicyclic) bond motifs is 1. The van der Waals surface area contributed by atoms with Crippen LogP contribution >= 0.6 is 0 Å². The van der Waals surface area contributed by atoms with E-state index in [1.807, 2.05) is 29.2 Å². The maximum atomic E-state index is 13.8. The van der Waals surface area contributed by atoms with Gasteiger partial charge in [0.2, 0.25) is 11.8 Å². The molecule has 0 bridgehead atoms. The highest BCUT2D eigenvalue weighted by atomic mass is 16.5. The Morgan fingerprint density at radius 2 is 2.03 bits per heavy atom. The number of benzene rings is 1. The van der Waals surface area contributed by atoms with Gasteiger partial charge in [-0.1, -0.05) is 50.8 Å². The Morgan fingerprint density at radius 3 is 2.80 bits per heavy atom. The number of amides is 2. The van der Waals surface area contributed by atoms with Crippen LogP contribution in [0.5, 0.6) is 5.75 Å². The van der Waals surface area contributed by atoms with Crippen LogP contribution in [0.3, 0.4) is 0 Å². The molecule has 190 valence electrons. The molecule has 1 N–H and O–H groups in total. The second-order valence-electron chi connectivity index (χ2n) is 10.0. The van der Waals surface area contributed by atoms with Crippen molar-refractivity contribution in [1.29, 1.82) is 0 Å². The van der Waals surface area contributed by atoms with Crippen LogP contribution in [0.4, 0.5) is 0 Å². The summed E-state index contributed by atoms with van der Waals surface area (Å²) in [5.41, 5.74) is 2.03. The van der Waals surface area contributed by atoms with Crippen molar-refractivity contribution in [2.45, 2.75) is 83.2 Å². The van der Waals surface area contributed by atoms with Gasteiger partial charge in [0.05, 0.1) is 6.61 Å². The fourth-order valence-corrected chi connectivity index (χ4v) is 5.35. The van der Waals surface area contributed by atoms with Crippen LogP contribution < -0.4 is 10.1 Å². The number of ether oxygens (including phenoxy) is 1. The van der Waals surface area contributed by atoms with Gasteiger partial charge in [-0.2, -0.15) is 0 Å². The van der Waals surface area contributed by atoms with Gasteiger partial charge in [-0.3, -0.25) is 9.59 Å². The molecule has 6 nitrogen and oxygen atoms in total. The Bertz CT molecular complexity index is 920. The minimum Gasteiger partial charge on any atom is -0.493 e. The van der Waals surface area contributed by atoms with Crippen molar-refractivity contribution in [2.75, 3.05) is 26.2 Å². The lowest BCUT2D eigenvalue weighted by atomic mass is 9.94. The van der Waals surface area contributed by atoms with Crippen LogP contribution in [-0.4, -0.2) is 53.9 Å². The molecule has 0 saturated heterocycles. The molecule has 3 aliphatic rings. The van der Waals surface area contributed by atoms with E-state index in [4.69, 9.17) is 4.74 Å². The summed E-state index contributed by atoms with van der Waals surface area (Å²) < 4.78 is 5.70. The number of hydrogen-bond acceptors (Lipinski definition) is 4. The van der Waals surface area contributed by atoms with Crippen molar-refractivity contribution >= 4 is 11.8 Å². The van der Waals surface area contributed by atoms with E-state index in [1.54, 1.807) is 0 Å². The monoisotopic (exact) mass is 479 g/mol. The molecule has 1 saturated carbocycles. The highest BCUT2D eigenvalue weighted by Crippen LogP contribution is 2.32. The number of nitrogens with one attached hydrogen (secondary N) is 1. The number of unbranched alkanes of at least 4 members (excludes halogenated alkanes) is 1. The van der Waals surface area contributed by atoms with E-state index in [1.165, 1.54) is 6.42 Å². The molecule has 1 fully saturated rings. The van der Waals surface area contributed by atoms with Crippen LogP contribution in [0.25, 0.3) is 0 Å². The number of carbonyl (C=O) groups excluding carboxylic acids is 2. The highest BCUT2D eigenvalue weighted by molar-refractivity contribution is 5.89. The summed E-state index contributed by atoms with van der Waals surface area (Å²) in [6, 6.07) is 5.65. The summed E-state index contributed by atoms with van der Waals surface area (Å²) >= 11 is 0. The first-order chi connectivity index (χ1) is 17.2. The summed E-state index contributed by atoms with van der Waals surface area (Å²) in [6.45, 7) is 5.12. The van der Waals surface area contributed by atoms with Crippen molar-refractivity contribution in [1.82, 2.24) is 15.1 Å². The molecule has 1 unspecified atom stereocenters. The van der Waals surface area contributed by atoms with Crippen LogP contribution in [0.15, 0.2) is 42.6 Å². The number of rotatable bonds is 11. The number of hydrogen-bond donors (Lipinski definition) is 1. The summed E-state index contributed by atoms with van der Waals surface area (Å²) in [5.74, 6) is 0.926. The normalized spacial score (nSPS) is 18.1. The van der Waals surface area contributed by atoms with Gasteiger partial charge in [0.15, 0.2) is 0 Å². The smallest absolute Gasteiger partial charge is 0.247 e. The van der Waals surface area contributed by atoms with Gasteiger partial charge in [0.1, 0.15) is 11.8 Å². The molecule has 1 aromatic rings. The van der Waals surface area contributed by atoms with E-state index in [9.17, 15) is 9.59 Å². The van der Waals surface area contributed by atoms with E-state index in [-0.39, 0.29) is 17.9 Å². The average Bonchev–Trinajstić information content (AvgIpc) is 3.35. The Morgan fingerprint density at radius 1 is 1.17 bits per heavy atom. The van der Waals surface area contributed by atoms with E-state index in [0.29, 0.717) is 19.6 Å². The summed E-state index contributed by atoms with van der Waals surface area (Å²) in [5, 5.41) is 3.32. The maximum Gasteiger partial charge on any atom is 0.247 e. The van der Waals surface area contributed by atoms with E-state index in [0.717, 1.165) is 81.3 Å². The van der Waals surface area contributed by atoms with Gasteiger partial charge in [-0.25, -0.2) is 0 Å². The maximum absolute atomic E-state index is 13.8. The highest BCUT2D eigenvalue weighted by Gasteiger charge is 2.33. The van der Waals surface area contributed by atoms with Crippen LogP contribution in [0.2, 0.25) is 0 Å². The summed E-state index contributed by atoms with van der Waals surface area (Å²) in [7, 11) is 0. The second-order valence-corrected chi connectivity index (χ2v) is 10.0. The lowest BCUT2D eigenvalue weighted by molar-refractivity contribution is -0.141. The third-order valence-electron chi connectivity index (χ3n) is 7.33.